The van der Waals surface area contributed by atoms with Gasteiger partial charge in [-0.25, -0.2) is 0 Å². The Morgan fingerprint density at radius 3 is 2.42 bits per heavy atom. The van der Waals surface area contributed by atoms with Crippen molar-refractivity contribution in [2.75, 3.05) is 19.4 Å². The van der Waals surface area contributed by atoms with Gasteiger partial charge in [0, 0.05) is 23.3 Å². The highest BCUT2D eigenvalue weighted by Crippen LogP contribution is 2.36. The molecule has 1 aromatic carbocycles. The van der Waals surface area contributed by atoms with Gasteiger partial charge in [0.2, 0.25) is 5.91 Å². The summed E-state index contributed by atoms with van der Waals surface area (Å²) in [5, 5.41) is 54.6. The number of aliphatic hydroxyl groups excluding tert-OH is 4. The van der Waals surface area contributed by atoms with Gasteiger partial charge >= 0.3 is 0 Å². The van der Waals surface area contributed by atoms with Gasteiger partial charge in [-0.2, -0.15) is 0 Å². The molecule has 11 atom stereocenters. The van der Waals surface area contributed by atoms with Gasteiger partial charge in [-0.3, -0.25) is 9.59 Å². The number of amides is 1. The zero-order valence-electron chi connectivity index (χ0n) is 25.2. The summed E-state index contributed by atoms with van der Waals surface area (Å²) in [5.41, 5.74) is 0.0506. The fourth-order valence-electron chi connectivity index (χ4n) is 6.32. The van der Waals surface area contributed by atoms with Gasteiger partial charge in [0.15, 0.2) is 0 Å². The fourth-order valence-corrected chi connectivity index (χ4v) is 8.09. The van der Waals surface area contributed by atoms with E-state index in [9.17, 15) is 25.2 Å². The molecule has 1 aromatic rings. The third kappa shape index (κ3) is 9.54. The average Bonchev–Trinajstić information content (AvgIpc) is 3.27. The molecule has 7 N–H and O–H groups in total. The molecule has 3 aliphatic rings. The van der Waals surface area contributed by atoms with Crippen molar-refractivity contribution >= 4 is 35.9 Å². The number of thioether (sulfide) groups is 2. The summed E-state index contributed by atoms with van der Waals surface area (Å²) in [4.78, 5) is 23.1. The minimum atomic E-state index is -1.41. The van der Waals surface area contributed by atoms with Crippen LogP contribution in [0.25, 0.3) is 0 Å². The Hall–Kier alpha value is -1.42. The molecule has 13 heteroatoms. The number of benzene rings is 1. The first-order chi connectivity index (χ1) is 20.5. The molecule has 0 unspecified atom stereocenters. The number of hydrogen-bond acceptors (Lipinski definition) is 11. The first-order valence-corrected chi connectivity index (χ1v) is 17.0. The molecule has 3 aliphatic heterocycles. The Kier molecular flexibility index (Phi) is 14.5. The molecule has 0 bridgehead atoms. The maximum atomic E-state index is 13.8. The molecule has 1 amide bonds. The van der Waals surface area contributed by atoms with Crippen LogP contribution in [0.3, 0.4) is 0 Å². The van der Waals surface area contributed by atoms with Crippen LogP contribution in [0, 0.1) is 17.8 Å². The van der Waals surface area contributed by atoms with Crippen LogP contribution in [0.15, 0.2) is 29.2 Å². The smallest absolute Gasteiger partial charge is 0.290 e. The molecule has 4 rings (SSSR count). The number of aliphatic hydroxyl groups is 4. The molecule has 0 radical (unpaired) electrons. The SMILES string of the molecule is CS[C@H]1O[C@H]([C@H](NC(=O)[C@H]2NC[C@@H]3C[C@H](CC(C)C)CCO[C@H]32)[C@H](C)Sc2ccc(CO)cc2)[C@H](O)[C@H](O)[C@H]1O.O=CO. The van der Waals surface area contributed by atoms with Crippen LogP contribution in [0.1, 0.15) is 45.6 Å². The second-order valence-corrected chi connectivity index (χ2v) is 14.3. The van der Waals surface area contributed by atoms with E-state index in [1.807, 2.05) is 31.2 Å². The van der Waals surface area contributed by atoms with Crippen LogP contribution >= 0.6 is 23.5 Å². The lowest BCUT2D eigenvalue weighted by molar-refractivity contribution is -0.205. The van der Waals surface area contributed by atoms with Gasteiger partial charge in [0.05, 0.1) is 18.8 Å². The summed E-state index contributed by atoms with van der Waals surface area (Å²) in [6.45, 7) is 7.48. The number of carboxylic acid groups (broad SMARTS) is 1. The number of ether oxygens (including phenoxy) is 2. The molecule has 244 valence electrons. The topological polar surface area (TPSA) is 178 Å². The van der Waals surface area contributed by atoms with Crippen molar-refractivity contribution in [2.45, 2.75) is 105 Å². The van der Waals surface area contributed by atoms with Crippen LogP contribution in [-0.4, -0.2) is 111 Å². The summed E-state index contributed by atoms with van der Waals surface area (Å²) in [6.07, 6.45) is -0.262. The van der Waals surface area contributed by atoms with E-state index in [4.69, 9.17) is 19.4 Å². The zero-order valence-corrected chi connectivity index (χ0v) is 26.9. The van der Waals surface area contributed by atoms with Gasteiger partial charge in [0.1, 0.15) is 35.9 Å². The normalized spacial score (nSPS) is 33.8. The van der Waals surface area contributed by atoms with Gasteiger partial charge in [-0.1, -0.05) is 32.9 Å². The number of carbonyl (C=O) groups is 2. The van der Waals surface area contributed by atoms with E-state index in [1.165, 1.54) is 23.5 Å². The van der Waals surface area contributed by atoms with Crippen LogP contribution in [0.5, 0.6) is 0 Å². The predicted molar refractivity (Wildman–Crippen MR) is 166 cm³/mol. The second kappa shape index (κ2) is 17.3. The maximum absolute atomic E-state index is 13.8. The summed E-state index contributed by atoms with van der Waals surface area (Å²) in [7, 11) is 0. The molecule has 11 nitrogen and oxygen atoms in total. The number of carbonyl (C=O) groups excluding carboxylic acids is 1. The molecule has 3 fully saturated rings. The van der Waals surface area contributed by atoms with Gasteiger partial charge < -0.3 is 45.6 Å². The number of fused-ring (bicyclic) bond motifs is 1. The third-order valence-electron chi connectivity index (χ3n) is 8.39. The summed E-state index contributed by atoms with van der Waals surface area (Å²) in [5.74, 6) is 1.24. The number of hydrogen-bond donors (Lipinski definition) is 7. The minimum absolute atomic E-state index is 0.0472. The molecule has 3 heterocycles. The highest BCUT2D eigenvalue weighted by atomic mass is 32.2. The van der Waals surface area contributed by atoms with Crippen molar-refractivity contribution in [3.63, 3.8) is 0 Å². The van der Waals surface area contributed by atoms with E-state index in [-0.39, 0.29) is 36.3 Å². The van der Waals surface area contributed by atoms with E-state index in [1.54, 1.807) is 6.26 Å². The first kappa shape index (κ1) is 36.1. The Morgan fingerprint density at radius 1 is 1.14 bits per heavy atom. The Morgan fingerprint density at radius 2 is 1.81 bits per heavy atom. The monoisotopic (exact) mass is 644 g/mol. The zero-order chi connectivity index (χ0) is 31.7. The molecule has 43 heavy (non-hydrogen) atoms. The predicted octanol–water partition coefficient (Wildman–Crippen LogP) is 1.45. The fraction of sp³-hybridized carbons (Fsp3) is 0.733. The largest absolute Gasteiger partial charge is 0.483 e. The van der Waals surface area contributed by atoms with Crippen LogP contribution in [-0.2, 0) is 25.7 Å². The summed E-state index contributed by atoms with van der Waals surface area (Å²) >= 11 is 2.75. The third-order valence-corrected chi connectivity index (χ3v) is 10.5. The lowest BCUT2D eigenvalue weighted by Gasteiger charge is -2.44. The van der Waals surface area contributed by atoms with Crippen LogP contribution < -0.4 is 10.6 Å². The van der Waals surface area contributed by atoms with E-state index >= 15 is 0 Å². The summed E-state index contributed by atoms with van der Waals surface area (Å²) in [6, 6.07) is 6.29. The quantitative estimate of drug-likeness (QED) is 0.144. The van der Waals surface area contributed by atoms with E-state index < -0.39 is 41.9 Å². The standard InChI is InChI=1S/C29H46N2O7S2.CH2O2/c1-15(2)11-18-9-10-37-26-19(12-18)13-30-22(26)28(36)31-21(16(3)40-20-7-5-17(14-32)6-8-20)27-24(34)23(33)25(35)29(38-27)39-4;2-1-3/h5-8,15-16,18-19,21-27,29-30,32-35H,9-14H2,1-4H3,(H,31,36);1H,(H,2,3)/t16-,18-,19-,21+,22-,23-,24+,25+,26+,27+,29+;/m0./s1. The Labute approximate surface area is 262 Å². The molecule has 0 spiro atoms. The van der Waals surface area contributed by atoms with Gasteiger partial charge in [0.25, 0.3) is 6.47 Å². The molecule has 3 saturated heterocycles. The first-order valence-electron chi connectivity index (χ1n) is 14.9. The number of rotatable bonds is 10. The van der Waals surface area contributed by atoms with Crippen molar-refractivity contribution in [2.24, 2.45) is 17.8 Å². The van der Waals surface area contributed by atoms with E-state index in [0.717, 1.165) is 29.7 Å². The molecular formula is C30H48N2O9S2. The van der Waals surface area contributed by atoms with Crippen LogP contribution in [0.4, 0.5) is 0 Å². The molecule has 0 saturated carbocycles. The highest BCUT2D eigenvalue weighted by Gasteiger charge is 2.50. The van der Waals surface area contributed by atoms with Crippen LogP contribution in [0.2, 0.25) is 0 Å². The van der Waals surface area contributed by atoms with Crippen molar-refractivity contribution in [1.29, 1.82) is 0 Å². The Bertz CT molecular complexity index is 1000. The van der Waals surface area contributed by atoms with Crippen molar-refractivity contribution < 1.29 is 44.6 Å². The highest BCUT2D eigenvalue weighted by molar-refractivity contribution is 8.00. The molecular weight excluding hydrogens is 596 g/mol. The van der Waals surface area contributed by atoms with Gasteiger partial charge in [-0.15, -0.1) is 23.5 Å². The van der Waals surface area contributed by atoms with Crippen molar-refractivity contribution in [1.82, 2.24) is 10.6 Å². The van der Waals surface area contributed by atoms with Gasteiger partial charge in [-0.05, 0) is 61.0 Å². The Balaban J connectivity index is 0.00000162. The average molecular weight is 645 g/mol. The van der Waals surface area contributed by atoms with E-state index in [0.29, 0.717) is 25.0 Å². The molecule has 0 aromatic heterocycles. The summed E-state index contributed by atoms with van der Waals surface area (Å²) < 4.78 is 12.4. The maximum Gasteiger partial charge on any atom is 0.290 e. The molecule has 0 aliphatic carbocycles. The van der Waals surface area contributed by atoms with Crippen molar-refractivity contribution in [3.8, 4) is 0 Å². The lowest BCUT2D eigenvalue weighted by atomic mass is 9.85. The second-order valence-electron chi connectivity index (χ2n) is 11.9. The minimum Gasteiger partial charge on any atom is -0.483 e. The van der Waals surface area contributed by atoms with E-state index in [2.05, 4.69) is 24.5 Å². The van der Waals surface area contributed by atoms with Crippen molar-refractivity contribution in [3.05, 3.63) is 29.8 Å². The number of nitrogens with one attached hydrogen (secondary N) is 2. The lowest BCUT2D eigenvalue weighted by Crippen LogP contribution is -2.65.